The van der Waals surface area contributed by atoms with Crippen molar-refractivity contribution in [1.29, 1.82) is 0 Å². The van der Waals surface area contributed by atoms with Crippen LogP contribution in [0.2, 0.25) is 0 Å². The molecule has 1 aliphatic carbocycles. The lowest BCUT2D eigenvalue weighted by Crippen LogP contribution is -2.19. The molecule has 3 N–H and O–H groups in total. The minimum atomic E-state index is -0.927. The van der Waals surface area contributed by atoms with Crippen molar-refractivity contribution < 1.29 is 24.2 Å². The van der Waals surface area contributed by atoms with Crippen molar-refractivity contribution in [2.75, 3.05) is 17.7 Å². The number of benzene rings is 1. The average Bonchev–Trinajstić information content (AvgIpc) is 3.10. The van der Waals surface area contributed by atoms with Crippen LogP contribution in [0, 0.1) is 5.92 Å². The first-order valence-electron chi connectivity index (χ1n) is 10.5. The molecule has 2 amide bonds. The van der Waals surface area contributed by atoms with Crippen LogP contribution >= 0.6 is 11.3 Å². The minimum absolute atomic E-state index is 0.0598. The lowest BCUT2D eigenvalue weighted by atomic mass is 9.85. The molecule has 0 bridgehead atoms. The molecule has 31 heavy (non-hydrogen) atoms. The van der Waals surface area contributed by atoms with E-state index in [2.05, 4.69) is 17.6 Å². The molecular weight excluding hydrogens is 416 g/mol. The molecule has 3 rings (SSSR count). The van der Waals surface area contributed by atoms with Crippen LogP contribution in [0.1, 0.15) is 59.8 Å². The Balaban J connectivity index is 1.84. The number of hydrogen-bond acceptors (Lipinski definition) is 5. The second-order valence-corrected chi connectivity index (χ2v) is 8.81. The molecule has 1 aliphatic rings. The van der Waals surface area contributed by atoms with Crippen LogP contribution in [-0.2, 0) is 22.4 Å². The van der Waals surface area contributed by atoms with E-state index in [1.807, 2.05) is 0 Å². The Morgan fingerprint density at radius 3 is 2.74 bits per heavy atom. The molecule has 0 fully saturated rings. The standard InChI is InChI=1S/C23H28N2O5S/c1-3-14-10-11-17-18(12-14)31-23(25-19(26)8-5-9-20(27)28)21(17)22(29)24-15-6-4-7-16(13-15)30-2/h4,6-7,13-14H,3,5,8-12H2,1-2H3,(H,24,29)(H,25,26)(H,27,28). The number of amides is 2. The number of carboxylic acid groups (broad SMARTS) is 1. The van der Waals surface area contributed by atoms with Crippen LogP contribution < -0.4 is 15.4 Å². The van der Waals surface area contributed by atoms with Gasteiger partial charge in [-0.1, -0.05) is 19.4 Å². The fourth-order valence-electron chi connectivity index (χ4n) is 3.81. The number of aliphatic carboxylic acids is 1. The largest absolute Gasteiger partial charge is 0.497 e. The second kappa shape index (κ2) is 10.4. The smallest absolute Gasteiger partial charge is 0.303 e. The summed E-state index contributed by atoms with van der Waals surface area (Å²) in [6.45, 7) is 2.17. The highest BCUT2D eigenvalue weighted by atomic mass is 32.1. The van der Waals surface area contributed by atoms with Gasteiger partial charge in [-0.25, -0.2) is 0 Å². The molecule has 0 saturated heterocycles. The van der Waals surface area contributed by atoms with Gasteiger partial charge in [0.25, 0.3) is 5.91 Å². The van der Waals surface area contributed by atoms with Crippen LogP contribution in [0.4, 0.5) is 10.7 Å². The van der Waals surface area contributed by atoms with Gasteiger partial charge in [-0.3, -0.25) is 14.4 Å². The Morgan fingerprint density at radius 1 is 1.23 bits per heavy atom. The van der Waals surface area contributed by atoms with E-state index in [4.69, 9.17) is 9.84 Å². The molecule has 7 nitrogen and oxygen atoms in total. The highest BCUT2D eigenvalue weighted by Gasteiger charge is 2.29. The van der Waals surface area contributed by atoms with E-state index in [9.17, 15) is 14.4 Å². The van der Waals surface area contributed by atoms with Crippen molar-refractivity contribution in [2.24, 2.45) is 5.92 Å². The zero-order chi connectivity index (χ0) is 22.4. The quantitative estimate of drug-likeness (QED) is 0.519. The van der Waals surface area contributed by atoms with Crippen LogP contribution in [0.15, 0.2) is 24.3 Å². The van der Waals surface area contributed by atoms with Crippen LogP contribution in [0.5, 0.6) is 5.75 Å². The Kier molecular flexibility index (Phi) is 7.68. The number of hydrogen-bond donors (Lipinski definition) is 3. The predicted molar refractivity (Wildman–Crippen MR) is 121 cm³/mol. The Morgan fingerprint density at radius 2 is 2.03 bits per heavy atom. The molecule has 0 radical (unpaired) electrons. The fraction of sp³-hybridized carbons (Fsp3) is 0.435. The monoisotopic (exact) mass is 444 g/mol. The summed E-state index contributed by atoms with van der Waals surface area (Å²) >= 11 is 1.46. The number of ether oxygens (including phenoxy) is 1. The molecule has 0 spiro atoms. The zero-order valence-corrected chi connectivity index (χ0v) is 18.6. The first-order valence-corrected chi connectivity index (χ1v) is 11.3. The summed E-state index contributed by atoms with van der Waals surface area (Å²) in [4.78, 5) is 37.5. The minimum Gasteiger partial charge on any atom is -0.497 e. The summed E-state index contributed by atoms with van der Waals surface area (Å²) in [6.07, 6.45) is 4.12. The van der Waals surface area contributed by atoms with Crippen molar-refractivity contribution in [3.63, 3.8) is 0 Å². The molecule has 0 aliphatic heterocycles. The van der Waals surface area contributed by atoms with Gasteiger partial charge in [0.2, 0.25) is 5.91 Å². The maximum atomic E-state index is 13.2. The number of carboxylic acids is 1. The SMILES string of the molecule is CCC1CCc2c(sc(NC(=O)CCCC(=O)O)c2C(=O)Nc2cccc(OC)c2)C1. The summed E-state index contributed by atoms with van der Waals surface area (Å²) < 4.78 is 5.22. The van der Waals surface area contributed by atoms with E-state index in [1.54, 1.807) is 31.4 Å². The van der Waals surface area contributed by atoms with Crippen molar-refractivity contribution >= 4 is 39.8 Å². The number of nitrogens with one attached hydrogen (secondary N) is 2. The third-order valence-electron chi connectivity index (χ3n) is 5.55. The number of thiophene rings is 1. The molecule has 8 heteroatoms. The predicted octanol–water partition coefficient (Wildman–Crippen LogP) is 4.72. The van der Waals surface area contributed by atoms with Crippen LogP contribution in [-0.4, -0.2) is 30.0 Å². The van der Waals surface area contributed by atoms with Gasteiger partial charge in [0.15, 0.2) is 0 Å². The topological polar surface area (TPSA) is 105 Å². The lowest BCUT2D eigenvalue weighted by molar-refractivity contribution is -0.137. The number of rotatable bonds is 9. The molecule has 2 aromatic rings. The van der Waals surface area contributed by atoms with E-state index >= 15 is 0 Å². The number of fused-ring (bicyclic) bond motifs is 1. The van der Waals surface area contributed by atoms with E-state index in [0.29, 0.717) is 27.9 Å². The highest BCUT2D eigenvalue weighted by molar-refractivity contribution is 7.17. The van der Waals surface area contributed by atoms with Crippen molar-refractivity contribution in [3.05, 3.63) is 40.3 Å². The van der Waals surface area contributed by atoms with Gasteiger partial charge in [0.05, 0.1) is 12.7 Å². The summed E-state index contributed by atoms with van der Waals surface area (Å²) in [5.74, 6) is -0.241. The second-order valence-electron chi connectivity index (χ2n) is 7.71. The van der Waals surface area contributed by atoms with Gasteiger partial charge in [-0.15, -0.1) is 11.3 Å². The van der Waals surface area contributed by atoms with E-state index in [-0.39, 0.29) is 31.1 Å². The molecule has 1 unspecified atom stereocenters. The Hall–Kier alpha value is -2.87. The first kappa shape index (κ1) is 22.8. The number of methoxy groups -OCH3 is 1. The summed E-state index contributed by atoms with van der Waals surface area (Å²) in [6, 6.07) is 7.13. The third kappa shape index (κ3) is 5.85. The molecule has 1 atom stereocenters. The summed E-state index contributed by atoms with van der Waals surface area (Å²) in [5, 5.41) is 15.1. The maximum absolute atomic E-state index is 13.2. The van der Waals surface area contributed by atoms with Gasteiger partial charge in [-0.2, -0.15) is 0 Å². The van der Waals surface area contributed by atoms with Crippen molar-refractivity contribution in [3.8, 4) is 5.75 Å². The zero-order valence-electron chi connectivity index (χ0n) is 17.8. The van der Waals surface area contributed by atoms with E-state index in [0.717, 1.165) is 36.1 Å². The van der Waals surface area contributed by atoms with Crippen LogP contribution in [0.25, 0.3) is 0 Å². The summed E-state index contributed by atoms with van der Waals surface area (Å²) in [5.41, 5.74) is 2.14. The van der Waals surface area contributed by atoms with Gasteiger partial charge in [-0.05, 0) is 49.3 Å². The molecule has 166 valence electrons. The Labute approximate surface area is 185 Å². The number of carbonyl (C=O) groups excluding carboxylic acids is 2. The molecule has 1 heterocycles. The average molecular weight is 445 g/mol. The van der Waals surface area contributed by atoms with Crippen LogP contribution in [0.3, 0.4) is 0 Å². The highest BCUT2D eigenvalue weighted by Crippen LogP contribution is 2.41. The van der Waals surface area contributed by atoms with Gasteiger partial charge < -0.3 is 20.5 Å². The molecule has 1 aromatic carbocycles. The number of carbonyl (C=O) groups is 3. The summed E-state index contributed by atoms with van der Waals surface area (Å²) in [7, 11) is 1.57. The van der Waals surface area contributed by atoms with E-state index < -0.39 is 5.97 Å². The van der Waals surface area contributed by atoms with Gasteiger partial charge in [0.1, 0.15) is 10.8 Å². The maximum Gasteiger partial charge on any atom is 0.303 e. The van der Waals surface area contributed by atoms with Crippen molar-refractivity contribution in [1.82, 2.24) is 0 Å². The lowest BCUT2D eigenvalue weighted by Gasteiger charge is -2.21. The van der Waals surface area contributed by atoms with Crippen molar-refractivity contribution in [2.45, 2.75) is 51.9 Å². The molecule has 0 saturated carbocycles. The number of anilines is 2. The third-order valence-corrected chi connectivity index (χ3v) is 6.72. The fourth-order valence-corrected chi connectivity index (χ4v) is 5.19. The first-order chi connectivity index (χ1) is 14.9. The molecule has 1 aromatic heterocycles. The van der Waals surface area contributed by atoms with Gasteiger partial charge in [0, 0.05) is 29.5 Å². The van der Waals surface area contributed by atoms with Gasteiger partial charge >= 0.3 is 5.97 Å². The normalized spacial score (nSPS) is 15.1. The Bertz CT molecular complexity index is 969. The molecular formula is C23H28N2O5S. The van der Waals surface area contributed by atoms with E-state index in [1.165, 1.54) is 11.3 Å².